The second-order valence-corrected chi connectivity index (χ2v) is 11.5. The molecule has 8 nitrogen and oxygen atoms in total. The van der Waals surface area contributed by atoms with E-state index in [4.69, 9.17) is 16.3 Å². The highest BCUT2D eigenvalue weighted by Crippen LogP contribution is 2.41. The predicted molar refractivity (Wildman–Crippen MR) is 148 cm³/mol. The highest BCUT2D eigenvalue weighted by atomic mass is 35.5. The quantitative estimate of drug-likeness (QED) is 0.431. The van der Waals surface area contributed by atoms with Gasteiger partial charge in [0.2, 0.25) is 5.91 Å². The molecular weight excluding hydrogens is 506 g/mol. The van der Waals surface area contributed by atoms with Crippen LogP contribution >= 0.6 is 11.6 Å². The number of aryl methyl sites for hydroxylation is 3. The SMILES string of the molecule is Cc1ccc(C(C(=O)Nc2c(C)cccc2Cl)N(C(=O)C(CO)NC(=O)OC(C)(C)C)C2CC2C)cc1C. The Hall–Kier alpha value is -3.10. The number of anilines is 1. The summed E-state index contributed by atoms with van der Waals surface area (Å²) in [6.45, 7) is 12.2. The molecule has 4 unspecified atom stereocenters. The van der Waals surface area contributed by atoms with Gasteiger partial charge in [-0.25, -0.2) is 4.79 Å². The van der Waals surface area contributed by atoms with Gasteiger partial charge in [-0.3, -0.25) is 9.59 Å². The Morgan fingerprint density at radius 1 is 1.11 bits per heavy atom. The van der Waals surface area contributed by atoms with Crippen LogP contribution in [0.3, 0.4) is 0 Å². The van der Waals surface area contributed by atoms with Crippen LogP contribution in [0.25, 0.3) is 0 Å². The first-order valence-corrected chi connectivity index (χ1v) is 13.2. The van der Waals surface area contributed by atoms with Gasteiger partial charge in [0, 0.05) is 6.04 Å². The number of hydrogen-bond donors (Lipinski definition) is 3. The van der Waals surface area contributed by atoms with Crippen molar-refractivity contribution in [3.05, 3.63) is 63.7 Å². The minimum absolute atomic E-state index is 0.142. The van der Waals surface area contributed by atoms with Gasteiger partial charge in [0.05, 0.1) is 17.3 Å². The lowest BCUT2D eigenvalue weighted by atomic mass is 9.98. The van der Waals surface area contributed by atoms with E-state index in [9.17, 15) is 19.5 Å². The van der Waals surface area contributed by atoms with E-state index in [1.54, 1.807) is 32.9 Å². The van der Waals surface area contributed by atoms with Crippen LogP contribution in [0.4, 0.5) is 10.5 Å². The summed E-state index contributed by atoms with van der Waals surface area (Å²) in [5.74, 6) is -0.864. The van der Waals surface area contributed by atoms with Gasteiger partial charge in [-0.15, -0.1) is 0 Å². The highest BCUT2D eigenvalue weighted by molar-refractivity contribution is 6.34. The summed E-state index contributed by atoms with van der Waals surface area (Å²) in [6.07, 6.45) is -0.136. The monoisotopic (exact) mass is 543 g/mol. The third-order valence-electron chi connectivity index (χ3n) is 6.69. The molecule has 2 aromatic carbocycles. The number of aliphatic hydroxyl groups is 1. The number of halogens is 1. The Morgan fingerprint density at radius 3 is 2.29 bits per heavy atom. The van der Waals surface area contributed by atoms with Crippen LogP contribution in [-0.4, -0.2) is 52.2 Å². The first kappa shape index (κ1) is 29.5. The van der Waals surface area contributed by atoms with E-state index in [0.29, 0.717) is 22.7 Å². The molecule has 9 heteroatoms. The maximum absolute atomic E-state index is 14.0. The van der Waals surface area contributed by atoms with Crippen molar-refractivity contribution in [3.63, 3.8) is 0 Å². The zero-order valence-electron chi connectivity index (χ0n) is 23.1. The standard InChI is InChI=1S/C29H38ClN3O5/c1-16-11-12-20(13-18(16)3)25(26(35)32-24-17(2)9-8-10-21(24)30)33(23-14-19(23)4)27(36)22(15-34)31-28(37)38-29(5,6)7/h8-13,19,22-23,25,34H,14-15H2,1-7H3,(H,31,37)(H,32,35). The van der Waals surface area contributed by atoms with Crippen molar-refractivity contribution in [3.8, 4) is 0 Å². The number of alkyl carbamates (subject to hydrolysis) is 1. The molecule has 1 aliphatic rings. The topological polar surface area (TPSA) is 108 Å². The van der Waals surface area contributed by atoms with Crippen LogP contribution in [0.15, 0.2) is 36.4 Å². The summed E-state index contributed by atoms with van der Waals surface area (Å²) in [5, 5.41) is 15.9. The molecule has 4 atom stereocenters. The summed E-state index contributed by atoms with van der Waals surface area (Å²) in [5.41, 5.74) is 3.10. The highest BCUT2D eigenvalue weighted by Gasteiger charge is 2.48. The fourth-order valence-electron chi connectivity index (χ4n) is 4.34. The van der Waals surface area contributed by atoms with Crippen LogP contribution in [0.1, 0.15) is 62.4 Å². The second-order valence-electron chi connectivity index (χ2n) is 11.1. The number of carbonyl (C=O) groups is 3. The third-order valence-corrected chi connectivity index (χ3v) is 7.01. The van der Waals surface area contributed by atoms with Crippen molar-refractivity contribution in [2.75, 3.05) is 11.9 Å². The molecule has 38 heavy (non-hydrogen) atoms. The fourth-order valence-corrected chi connectivity index (χ4v) is 4.61. The average molecular weight is 544 g/mol. The largest absolute Gasteiger partial charge is 0.444 e. The van der Waals surface area contributed by atoms with E-state index in [-0.39, 0.29) is 12.0 Å². The van der Waals surface area contributed by atoms with Crippen molar-refractivity contribution >= 4 is 35.2 Å². The summed E-state index contributed by atoms with van der Waals surface area (Å²) >= 11 is 6.40. The van der Waals surface area contributed by atoms with E-state index in [0.717, 1.165) is 16.7 Å². The number of para-hydroxylation sites is 1. The number of rotatable bonds is 8. The number of hydrogen-bond acceptors (Lipinski definition) is 5. The number of aliphatic hydroxyl groups excluding tert-OH is 1. The first-order chi connectivity index (χ1) is 17.7. The molecule has 0 aliphatic heterocycles. The lowest BCUT2D eigenvalue weighted by Crippen LogP contribution is -2.54. The molecule has 2 aromatic rings. The van der Waals surface area contributed by atoms with Crippen molar-refractivity contribution in [1.82, 2.24) is 10.2 Å². The molecule has 206 valence electrons. The molecule has 1 fully saturated rings. The van der Waals surface area contributed by atoms with Crippen molar-refractivity contribution < 1.29 is 24.2 Å². The Kier molecular flexibility index (Phi) is 9.10. The molecule has 0 aromatic heterocycles. The van der Waals surface area contributed by atoms with Gasteiger partial charge in [-0.1, -0.05) is 48.9 Å². The summed E-state index contributed by atoms with van der Waals surface area (Å²) in [6, 6.07) is 8.39. The second kappa shape index (κ2) is 11.7. The van der Waals surface area contributed by atoms with Crippen LogP contribution in [0.2, 0.25) is 5.02 Å². The predicted octanol–water partition coefficient (Wildman–Crippen LogP) is 5.07. The lowest BCUT2D eigenvalue weighted by Gasteiger charge is -2.35. The first-order valence-electron chi connectivity index (χ1n) is 12.8. The Labute approximate surface area is 229 Å². The molecule has 1 aliphatic carbocycles. The number of ether oxygens (including phenoxy) is 1. The summed E-state index contributed by atoms with van der Waals surface area (Å²) in [4.78, 5) is 41.9. The lowest BCUT2D eigenvalue weighted by molar-refractivity contribution is -0.142. The van der Waals surface area contributed by atoms with Gasteiger partial charge >= 0.3 is 6.09 Å². The van der Waals surface area contributed by atoms with Crippen LogP contribution in [0, 0.1) is 26.7 Å². The van der Waals surface area contributed by atoms with Crippen LogP contribution in [0.5, 0.6) is 0 Å². The Bertz CT molecular complexity index is 1190. The van der Waals surface area contributed by atoms with Crippen LogP contribution in [-0.2, 0) is 14.3 Å². The number of carbonyl (C=O) groups excluding carboxylic acids is 3. The number of benzene rings is 2. The maximum atomic E-state index is 14.0. The molecule has 3 amide bonds. The summed E-state index contributed by atoms with van der Waals surface area (Å²) in [7, 11) is 0. The van der Waals surface area contributed by atoms with E-state index < -0.39 is 42.2 Å². The van der Waals surface area contributed by atoms with Gasteiger partial charge in [0.15, 0.2) is 0 Å². The molecule has 0 spiro atoms. The van der Waals surface area contributed by atoms with E-state index in [1.807, 2.05) is 52.0 Å². The number of nitrogens with zero attached hydrogens (tertiary/aromatic N) is 1. The van der Waals surface area contributed by atoms with Gasteiger partial charge < -0.3 is 25.4 Å². The zero-order valence-corrected chi connectivity index (χ0v) is 23.8. The van der Waals surface area contributed by atoms with E-state index in [2.05, 4.69) is 10.6 Å². The smallest absolute Gasteiger partial charge is 0.408 e. The normalized spacial score (nSPS) is 18.2. The minimum atomic E-state index is -1.29. The molecular formula is C29H38ClN3O5. The average Bonchev–Trinajstić information content (AvgIpc) is 3.54. The summed E-state index contributed by atoms with van der Waals surface area (Å²) < 4.78 is 5.30. The van der Waals surface area contributed by atoms with Gasteiger partial charge in [0.25, 0.3) is 5.91 Å². The van der Waals surface area contributed by atoms with E-state index in [1.165, 1.54) is 4.90 Å². The van der Waals surface area contributed by atoms with Crippen molar-refractivity contribution in [2.24, 2.45) is 5.92 Å². The van der Waals surface area contributed by atoms with Crippen LogP contribution < -0.4 is 10.6 Å². The molecule has 0 bridgehead atoms. The third kappa shape index (κ3) is 7.05. The van der Waals surface area contributed by atoms with Gasteiger partial charge in [-0.05, 0) is 82.2 Å². The van der Waals surface area contributed by atoms with Crippen molar-refractivity contribution in [1.29, 1.82) is 0 Å². The Balaban J connectivity index is 2.04. The molecule has 0 heterocycles. The Morgan fingerprint density at radius 2 is 1.76 bits per heavy atom. The fraction of sp³-hybridized carbons (Fsp3) is 0.483. The molecule has 3 N–H and O–H groups in total. The van der Waals surface area contributed by atoms with Gasteiger partial charge in [0.1, 0.15) is 17.7 Å². The van der Waals surface area contributed by atoms with Gasteiger partial charge in [-0.2, -0.15) is 0 Å². The molecule has 1 saturated carbocycles. The molecule has 0 saturated heterocycles. The zero-order chi connectivity index (χ0) is 28.4. The minimum Gasteiger partial charge on any atom is -0.444 e. The molecule has 0 radical (unpaired) electrons. The van der Waals surface area contributed by atoms with Crippen molar-refractivity contribution in [2.45, 2.75) is 78.6 Å². The maximum Gasteiger partial charge on any atom is 0.408 e. The molecule has 3 rings (SSSR count). The van der Waals surface area contributed by atoms with E-state index >= 15 is 0 Å². The number of nitrogens with one attached hydrogen (secondary N) is 2. The number of amides is 3.